The van der Waals surface area contributed by atoms with E-state index < -0.39 is 0 Å². The predicted octanol–water partition coefficient (Wildman–Crippen LogP) is 3.40. The van der Waals surface area contributed by atoms with E-state index in [1.165, 1.54) is 16.7 Å². The molecule has 0 saturated heterocycles. The van der Waals surface area contributed by atoms with E-state index >= 15 is 0 Å². The minimum atomic E-state index is 0.274. The number of rotatable bonds is 10. The molecule has 0 aliphatic heterocycles. The monoisotopic (exact) mass is 279 g/mol. The number of methoxy groups -OCH3 is 1. The van der Waals surface area contributed by atoms with Crippen molar-refractivity contribution in [2.45, 2.75) is 39.7 Å². The van der Waals surface area contributed by atoms with E-state index in [0.717, 1.165) is 32.6 Å². The van der Waals surface area contributed by atoms with Crippen LogP contribution in [0, 0.1) is 13.8 Å². The summed E-state index contributed by atoms with van der Waals surface area (Å²) in [6.07, 6.45) is 2.08. The molecule has 0 amide bonds. The van der Waals surface area contributed by atoms with Crippen molar-refractivity contribution in [2.75, 3.05) is 33.5 Å². The number of hydrogen-bond donors (Lipinski definition) is 1. The van der Waals surface area contributed by atoms with Crippen LogP contribution in [-0.2, 0) is 9.47 Å². The highest BCUT2D eigenvalue weighted by atomic mass is 16.5. The average molecular weight is 279 g/mol. The fourth-order valence-corrected chi connectivity index (χ4v) is 2.31. The maximum atomic E-state index is 5.79. The molecular weight excluding hydrogens is 250 g/mol. The molecule has 1 aromatic carbocycles. The number of aryl methyl sites for hydroxylation is 2. The SMILES string of the molecule is CCCNC(COCCCOC)c1cc(C)cc(C)c1. The lowest BCUT2D eigenvalue weighted by Crippen LogP contribution is -2.26. The van der Waals surface area contributed by atoms with Gasteiger partial charge in [-0.25, -0.2) is 0 Å². The van der Waals surface area contributed by atoms with Gasteiger partial charge in [0.05, 0.1) is 12.6 Å². The lowest BCUT2D eigenvalue weighted by molar-refractivity contribution is 0.0874. The van der Waals surface area contributed by atoms with E-state index in [0.29, 0.717) is 6.61 Å². The molecule has 0 aromatic heterocycles. The molecule has 0 spiro atoms. The molecule has 0 bridgehead atoms. The van der Waals surface area contributed by atoms with Gasteiger partial charge in [-0.15, -0.1) is 0 Å². The second-order valence-electron chi connectivity index (χ2n) is 5.35. The quantitative estimate of drug-likeness (QED) is 0.666. The summed E-state index contributed by atoms with van der Waals surface area (Å²) >= 11 is 0. The van der Waals surface area contributed by atoms with Crippen molar-refractivity contribution >= 4 is 0 Å². The summed E-state index contributed by atoms with van der Waals surface area (Å²) in [4.78, 5) is 0. The molecule has 1 atom stereocenters. The number of hydrogen-bond acceptors (Lipinski definition) is 3. The van der Waals surface area contributed by atoms with Crippen LogP contribution in [0.1, 0.15) is 42.5 Å². The first-order chi connectivity index (χ1) is 9.67. The number of benzene rings is 1. The summed E-state index contributed by atoms with van der Waals surface area (Å²) in [6.45, 7) is 9.72. The van der Waals surface area contributed by atoms with Crippen molar-refractivity contribution in [1.82, 2.24) is 5.32 Å². The van der Waals surface area contributed by atoms with Gasteiger partial charge < -0.3 is 14.8 Å². The van der Waals surface area contributed by atoms with Crippen molar-refractivity contribution < 1.29 is 9.47 Å². The second-order valence-corrected chi connectivity index (χ2v) is 5.35. The van der Waals surface area contributed by atoms with Crippen molar-refractivity contribution in [3.05, 3.63) is 34.9 Å². The normalized spacial score (nSPS) is 12.6. The standard InChI is InChI=1S/C17H29NO2/c1-5-7-18-17(13-20-9-6-8-19-4)16-11-14(2)10-15(3)12-16/h10-12,17-18H,5-9,13H2,1-4H3. The van der Waals surface area contributed by atoms with Crippen LogP contribution < -0.4 is 5.32 Å². The number of ether oxygens (including phenoxy) is 2. The summed E-state index contributed by atoms with van der Waals surface area (Å²) in [7, 11) is 1.72. The molecule has 114 valence electrons. The van der Waals surface area contributed by atoms with Crippen LogP contribution in [0.15, 0.2) is 18.2 Å². The van der Waals surface area contributed by atoms with Gasteiger partial charge >= 0.3 is 0 Å². The third kappa shape index (κ3) is 6.51. The topological polar surface area (TPSA) is 30.5 Å². The van der Waals surface area contributed by atoms with Crippen molar-refractivity contribution in [3.63, 3.8) is 0 Å². The summed E-state index contributed by atoms with van der Waals surface area (Å²) in [5.74, 6) is 0. The Labute approximate surface area is 123 Å². The maximum Gasteiger partial charge on any atom is 0.0661 e. The van der Waals surface area contributed by atoms with E-state index in [4.69, 9.17) is 9.47 Å². The molecule has 1 aromatic rings. The molecule has 1 unspecified atom stereocenters. The fraction of sp³-hybridized carbons (Fsp3) is 0.647. The fourth-order valence-electron chi connectivity index (χ4n) is 2.31. The van der Waals surface area contributed by atoms with Gasteiger partial charge in [0.1, 0.15) is 0 Å². The first kappa shape index (κ1) is 17.2. The van der Waals surface area contributed by atoms with Gasteiger partial charge in [-0.05, 0) is 38.8 Å². The van der Waals surface area contributed by atoms with Crippen molar-refractivity contribution in [1.29, 1.82) is 0 Å². The Morgan fingerprint density at radius 1 is 1.10 bits per heavy atom. The van der Waals surface area contributed by atoms with Gasteiger partial charge in [0.25, 0.3) is 0 Å². The zero-order valence-corrected chi connectivity index (χ0v) is 13.4. The summed E-state index contributed by atoms with van der Waals surface area (Å²) in [5, 5.41) is 3.57. The Morgan fingerprint density at radius 2 is 1.80 bits per heavy atom. The smallest absolute Gasteiger partial charge is 0.0661 e. The highest BCUT2D eigenvalue weighted by Gasteiger charge is 2.11. The van der Waals surface area contributed by atoms with Crippen molar-refractivity contribution in [3.8, 4) is 0 Å². The van der Waals surface area contributed by atoms with Gasteiger partial charge in [-0.1, -0.05) is 36.2 Å². The molecule has 3 nitrogen and oxygen atoms in total. The van der Waals surface area contributed by atoms with Crippen LogP contribution >= 0.6 is 0 Å². The third-order valence-corrected chi connectivity index (χ3v) is 3.21. The molecular formula is C17H29NO2. The van der Waals surface area contributed by atoms with Gasteiger partial charge in [0.2, 0.25) is 0 Å². The molecule has 1 N–H and O–H groups in total. The molecule has 20 heavy (non-hydrogen) atoms. The van der Waals surface area contributed by atoms with Crippen molar-refractivity contribution in [2.24, 2.45) is 0 Å². The van der Waals surface area contributed by atoms with Gasteiger partial charge in [-0.3, -0.25) is 0 Å². The van der Waals surface area contributed by atoms with Crippen LogP contribution in [0.5, 0.6) is 0 Å². The molecule has 3 heteroatoms. The lowest BCUT2D eigenvalue weighted by Gasteiger charge is -2.20. The molecule has 0 heterocycles. The number of nitrogens with one attached hydrogen (secondary N) is 1. The minimum Gasteiger partial charge on any atom is -0.385 e. The Morgan fingerprint density at radius 3 is 2.40 bits per heavy atom. The van der Waals surface area contributed by atoms with E-state index in [9.17, 15) is 0 Å². The Bertz CT molecular complexity index is 359. The minimum absolute atomic E-state index is 0.274. The third-order valence-electron chi connectivity index (χ3n) is 3.21. The van der Waals surface area contributed by atoms with Crippen LogP contribution in [0.4, 0.5) is 0 Å². The summed E-state index contributed by atoms with van der Waals surface area (Å²) < 4.78 is 10.8. The first-order valence-electron chi connectivity index (χ1n) is 7.55. The van der Waals surface area contributed by atoms with Gasteiger partial charge in [0, 0.05) is 20.3 Å². The van der Waals surface area contributed by atoms with E-state index in [1.54, 1.807) is 7.11 Å². The molecule has 0 radical (unpaired) electrons. The Balaban J connectivity index is 2.58. The summed E-state index contributed by atoms with van der Waals surface area (Å²) in [6, 6.07) is 6.98. The zero-order chi connectivity index (χ0) is 14.8. The summed E-state index contributed by atoms with van der Waals surface area (Å²) in [5.41, 5.74) is 3.94. The van der Waals surface area contributed by atoms with E-state index in [2.05, 4.69) is 44.3 Å². The maximum absolute atomic E-state index is 5.79. The van der Waals surface area contributed by atoms with Crippen LogP contribution in [-0.4, -0.2) is 33.5 Å². The largest absolute Gasteiger partial charge is 0.385 e. The van der Waals surface area contributed by atoms with Crippen LogP contribution in [0.25, 0.3) is 0 Å². The molecule has 0 aliphatic carbocycles. The van der Waals surface area contributed by atoms with Gasteiger partial charge in [-0.2, -0.15) is 0 Å². The molecule has 0 fully saturated rings. The molecule has 0 saturated carbocycles. The molecule has 1 rings (SSSR count). The molecule has 0 aliphatic rings. The van der Waals surface area contributed by atoms with E-state index in [1.807, 2.05) is 0 Å². The first-order valence-corrected chi connectivity index (χ1v) is 7.55. The predicted molar refractivity (Wildman–Crippen MR) is 84.3 cm³/mol. The Hall–Kier alpha value is -0.900. The van der Waals surface area contributed by atoms with E-state index in [-0.39, 0.29) is 6.04 Å². The highest BCUT2D eigenvalue weighted by Crippen LogP contribution is 2.17. The highest BCUT2D eigenvalue weighted by molar-refractivity contribution is 5.30. The zero-order valence-electron chi connectivity index (χ0n) is 13.4. The van der Waals surface area contributed by atoms with Crippen LogP contribution in [0.2, 0.25) is 0 Å². The van der Waals surface area contributed by atoms with Gasteiger partial charge in [0.15, 0.2) is 0 Å². The second kappa shape index (κ2) is 9.92. The Kier molecular flexibility index (Phi) is 8.51. The average Bonchev–Trinajstić information content (AvgIpc) is 2.40. The lowest BCUT2D eigenvalue weighted by atomic mass is 10.0. The van der Waals surface area contributed by atoms with Crippen LogP contribution in [0.3, 0.4) is 0 Å².